The summed E-state index contributed by atoms with van der Waals surface area (Å²) in [5.41, 5.74) is -0.724. The number of fused-ring (bicyclic) bond motifs is 3. The highest BCUT2D eigenvalue weighted by Crippen LogP contribution is 2.55. The van der Waals surface area contributed by atoms with Gasteiger partial charge in [-0.3, -0.25) is 10.2 Å². The molecule has 4 nitrogen and oxygen atoms in total. The largest absolute Gasteiger partial charge is 0.439 e. The molecular formula is C14H22Cl2N2O2. The monoisotopic (exact) mass is 320 g/mol. The molecule has 2 saturated heterocycles. The highest BCUT2D eigenvalue weighted by atomic mass is 35.5. The van der Waals surface area contributed by atoms with Crippen LogP contribution in [0, 0.1) is 17.8 Å². The first-order valence-corrected chi connectivity index (χ1v) is 6.98. The van der Waals surface area contributed by atoms with Crippen molar-refractivity contribution in [1.82, 2.24) is 10.2 Å². The Kier molecular flexibility index (Phi) is 3.81. The van der Waals surface area contributed by atoms with E-state index >= 15 is 0 Å². The Hall–Kier alpha value is -0.450. The molecule has 4 rings (SSSR count). The number of hydrogen-bond donors (Lipinski definition) is 1. The van der Waals surface area contributed by atoms with Crippen molar-refractivity contribution >= 4 is 30.9 Å². The second-order valence-electron chi connectivity index (χ2n) is 6.51. The summed E-state index contributed by atoms with van der Waals surface area (Å²) in [5.74, 6) is 1.75. The molecule has 4 aliphatic rings. The van der Waals surface area contributed by atoms with Crippen molar-refractivity contribution in [2.75, 3.05) is 13.1 Å². The van der Waals surface area contributed by atoms with Crippen LogP contribution in [0.25, 0.3) is 0 Å². The second kappa shape index (κ2) is 4.79. The van der Waals surface area contributed by atoms with Crippen LogP contribution in [0.2, 0.25) is 0 Å². The zero-order chi connectivity index (χ0) is 12.5. The van der Waals surface area contributed by atoms with Gasteiger partial charge >= 0.3 is 6.09 Å². The molecule has 1 saturated carbocycles. The van der Waals surface area contributed by atoms with E-state index in [-0.39, 0.29) is 36.6 Å². The van der Waals surface area contributed by atoms with Crippen LogP contribution in [0.5, 0.6) is 0 Å². The Morgan fingerprint density at radius 3 is 2.65 bits per heavy atom. The first-order valence-electron chi connectivity index (χ1n) is 6.98. The molecule has 0 radical (unpaired) electrons. The van der Waals surface area contributed by atoms with Crippen molar-refractivity contribution in [3.05, 3.63) is 12.2 Å². The Labute approximate surface area is 132 Å². The van der Waals surface area contributed by atoms with Gasteiger partial charge in [0.05, 0.1) is 0 Å². The van der Waals surface area contributed by atoms with E-state index in [0.717, 1.165) is 19.5 Å². The zero-order valence-electron chi connectivity index (χ0n) is 11.8. The molecule has 5 unspecified atom stereocenters. The highest BCUT2D eigenvalue weighted by molar-refractivity contribution is 5.85. The lowest BCUT2D eigenvalue weighted by Gasteiger charge is -2.44. The van der Waals surface area contributed by atoms with E-state index in [9.17, 15) is 4.79 Å². The SMILES string of the molecule is CC1(C2CC3C=CC2C3)OC(=O)N2CCNC21C.Cl.Cl. The lowest BCUT2D eigenvalue weighted by molar-refractivity contribution is -0.0542. The average Bonchev–Trinajstić information content (AvgIpc) is 3.04. The summed E-state index contributed by atoms with van der Waals surface area (Å²) in [4.78, 5) is 14.0. The molecule has 2 aliphatic heterocycles. The summed E-state index contributed by atoms with van der Waals surface area (Å²) < 4.78 is 5.85. The summed E-state index contributed by atoms with van der Waals surface area (Å²) >= 11 is 0. The molecule has 5 atom stereocenters. The number of nitrogens with zero attached hydrogens (tertiary/aromatic N) is 1. The third kappa shape index (κ3) is 1.68. The van der Waals surface area contributed by atoms with E-state index in [1.165, 1.54) is 6.42 Å². The van der Waals surface area contributed by atoms with Crippen molar-refractivity contribution in [3.63, 3.8) is 0 Å². The fourth-order valence-corrected chi connectivity index (χ4v) is 4.63. The first-order chi connectivity index (χ1) is 8.54. The molecule has 0 aromatic heterocycles. The van der Waals surface area contributed by atoms with Gasteiger partial charge in [-0.15, -0.1) is 24.8 Å². The molecule has 2 bridgehead atoms. The Morgan fingerprint density at radius 2 is 2.05 bits per heavy atom. The molecule has 2 aliphatic carbocycles. The van der Waals surface area contributed by atoms with Gasteiger partial charge in [0.25, 0.3) is 0 Å². The number of ether oxygens (including phenoxy) is 1. The van der Waals surface area contributed by atoms with Crippen LogP contribution in [0.1, 0.15) is 26.7 Å². The minimum absolute atomic E-state index is 0. The van der Waals surface area contributed by atoms with Crippen LogP contribution in [-0.2, 0) is 4.74 Å². The fourth-order valence-electron chi connectivity index (χ4n) is 4.63. The van der Waals surface area contributed by atoms with Crippen LogP contribution in [-0.4, -0.2) is 35.3 Å². The predicted octanol–water partition coefficient (Wildman–Crippen LogP) is 2.57. The topological polar surface area (TPSA) is 41.6 Å². The maximum Gasteiger partial charge on any atom is 0.412 e. The molecule has 3 fully saturated rings. The number of cyclic esters (lactones) is 1. The Balaban J connectivity index is 0.000000735. The van der Waals surface area contributed by atoms with Crippen molar-refractivity contribution in [3.8, 4) is 0 Å². The molecule has 114 valence electrons. The zero-order valence-corrected chi connectivity index (χ0v) is 13.4. The number of hydrogen-bond acceptors (Lipinski definition) is 3. The van der Waals surface area contributed by atoms with Crippen LogP contribution >= 0.6 is 24.8 Å². The van der Waals surface area contributed by atoms with E-state index in [1.807, 2.05) is 4.90 Å². The smallest absolute Gasteiger partial charge is 0.412 e. The van der Waals surface area contributed by atoms with E-state index in [2.05, 4.69) is 31.3 Å². The quantitative estimate of drug-likeness (QED) is 0.755. The number of allylic oxidation sites excluding steroid dienone is 2. The molecule has 2 heterocycles. The van der Waals surface area contributed by atoms with Gasteiger partial charge in [-0.25, -0.2) is 4.79 Å². The molecule has 6 heteroatoms. The maximum atomic E-state index is 12.1. The number of rotatable bonds is 1. The molecule has 1 N–H and O–H groups in total. The summed E-state index contributed by atoms with van der Waals surface area (Å²) in [5, 5.41) is 3.51. The fraction of sp³-hybridized carbons (Fsp3) is 0.786. The van der Waals surface area contributed by atoms with E-state index < -0.39 is 5.60 Å². The molecule has 0 aromatic carbocycles. The standard InChI is InChI=1S/C14H20N2O2.2ClH/c1-13(11-8-9-3-4-10(11)7-9)14(2)15-5-6-16(14)12(17)18-13;;/h3-4,9-11,15H,5-8H2,1-2H3;2*1H. The maximum absolute atomic E-state index is 12.1. The van der Waals surface area contributed by atoms with E-state index in [1.54, 1.807) is 0 Å². The van der Waals surface area contributed by atoms with Gasteiger partial charge in [0, 0.05) is 19.0 Å². The number of halogens is 2. The van der Waals surface area contributed by atoms with Crippen molar-refractivity contribution in [2.45, 2.75) is 38.0 Å². The first kappa shape index (κ1) is 15.9. The van der Waals surface area contributed by atoms with Crippen molar-refractivity contribution < 1.29 is 9.53 Å². The van der Waals surface area contributed by atoms with E-state index in [4.69, 9.17) is 4.74 Å². The third-order valence-corrected chi connectivity index (χ3v) is 5.82. The number of nitrogens with one attached hydrogen (secondary N) is 1. The third-order valence-electron chi connectivity index (χ3n) is 5.82. The molecule has 1 amide bonds. The summed E-state index contributed by atoms with van der Waals surface area (Å²) in [6, 6.07) is 0. The predicted molar refractivity (Wildman–Crippen MR) is 81.3 cm³/mol. The van der Waals surface area contributed by atoms with Gasteiger partial charge in [0.1, 0.15) is 5.66 Å². The number of carbonyl (C=O) groups is 1. The molecular weight excluding hydrogens is 299 g/mol. The van der Waals surface area contributed by atoms with Crippen LogP contribution in [0.3, 0.4) is 0 Å². The summed E-state index contributed by atoms with van der Waals surface area (Å²) in [6.45, 7) is 5.89. The average molecular weight is 321 g/mol. The van der Waals surface area contributed by atoms with Crippen molar-refractivity contribution in [1.29, 1.82) is 0 Å². The summed E-state index contributed by atoms with van der Waals surface area (Å²) in [7, 11) is 0. The van der Waals surface area contributed by atoms with Gasteiger partial charge < -0.3 is 4.74 Å². The molecule has 0 aromatic rings. The lowest BCUT2D eigenvalue weighted by Crippen LogP contribution is -2.62. The van der Waals surface area contributed by atoms with Gasteiger partial charge in [-0.05, 0) is 38.5 Å². The Morgan fingerprint density at radius 1 is 1.30 bits per heavy atom. The molecule has 20 heavy (non-hydrogen) atoms. The van der Waals surface area contributed by atoms with Crippen molar-refractivity contribution in [2.24, 2.45) is 17.8 Å². The van der Waals surface area contributed by atoms with E-state index in [0.29, 0.717) is 17.8 Å². The highest BCUT2D eigenvalue weighted by Gasteiger charge is 2.67. The lowest BCUT2D eigenvalue weighted by atomic mass is 9.73. The van der Waals surface area contributed by atoms with Gasteiger partial charge in [0.15, 0.2) is 5.60 Å². The van der Waals surface area contributed by atoms with Crippen LogP contribution in [0.15, 0.2) is 12.2 Å². The van der Waals surface area contributed by atoms with Gasteiger partial charge in [-0.1, -0.05) is 12.2 Å². The number of amides is 1. The summed E-state index contributed by atoms with van der Waals surface area (Å²) in [6.07, 6.45) is 6.93. The minimum Gasteiger partial charge on any atom is -0.439 e. The van der Waals surface area contributed by atoms with Gasteiger partial charge in [-0.2, -0.15) is 0 Å². The van der Waals surface area contributed by atoms with Crippen LogP contribution in [0.4, 0.5) is 4.79 Å². The van der Waals surface area contributed by atoms with Gasteiger partial charge in [0.2, 0.25) is 0 Å². The minimum atomic E-state index is -0.398. The Bertz CT molecular complexity index is 458. The van der Waals surface area contributed by atoms with Crippen LogP contribution < -0.4 is 5.32 Å². The number of carbonyl (C=O) groups excluding carboxylic acids is 1. The normalized spacial score (nSPS) is 47.8. The molecule has 0 spiro atoms. The second-order valence-corrected chi connectivity index (χ2v) is 6.51.